The smallest absolute Gasteiger partial charge is 0.416 e. The summed E-state index contributed by atoms with van der Waals surface area (Å²) in [5, 5.41) is 0. The Morgan fingerprint density at radius 2 is 1.74 bits per heavy atom. The molecule has 180 valence electrons. The zero-order chi connectivity index (χ0) is 25.1. The number of ether oxygens (including phenoxy) is 2. The van der Waals surface area contributed by atoms with E-state index in [2.05, 4.69) is 19.7 Å². The van der Waals surface area contributed by atoms with Crippen LogP contribution in [-0.4, -0.2) is 38.3 Å². The molecule has 15 heteroatoms. The first-order valence-electron chi connectivity index (χ1n) is 9.14. The van der Waals surface area contributed by atoms with E-state index in [0.29, 0.717) is 12.1 Å². The zero-order valence-corrected chi connectivity index (χ0v) is 16.7. The van der Waals surface area contributed by atoms with Crippen molar-refractivity contribution in [1.82, 2.24) is 19.5 Å². The molecule has 2 aromatic heterocycles. The van der Waals surface area contributed by atoms with Crippen LogP contribution in [0.25, 0.3) is 5.69 Å². The van der Waals surface area contributed by atoms with E-state index in [4.69, 9.17) is 10.5 Å². The van der Waals surface area contributed by atoms with Gasteiger partial charge in [-0.1, -0.05) is 0 Å². The van der Waals surface area contributed by atoms with Crippen molar-refractivity contribution in [3.05, 3.63) is 64.5 Å². The van der Waals surface area contributed by atoms with Gasteiger partial charge in [-0.3, -0.25) is 4.57 Å². The Balaban J connectivity index is 1.86. The average molecular weight is 489 g/mol. The van der Waals surface area contributed by atoms with E-state index >= 15 is 0 Å². The molecule has 9 nitrogen and oxygen atoms in total. The molecule has 1 aromatic carbocycles. The number of benzene rings is 1. The van der Waals surface area contributed by atoms with Crippen LogP contribution in [0, 0.1) is 0 Å². The maximum atomic E-state index is 13.1. The van der Waals surface area contributed by atoms with Crippen molar-refractivity contribution in [2.45, 2.75) is 18.8 Å². The third-order valence-electron chi connectivity index (χ3n) is 4.06. The van der Waals surface area contributed by atoms with Gasteiger partial charge in [-0.15, -0.1) is 0 Å². The Hall–Kier alpha value is -4.17. The largest absolute Gasteiger partial charge is 0.462 e. The fourth-order valence-electron chi connectivity index (χ4n) is 2.49. The number of carbonyl (C=O) groups is 1. The van der Waals surface area contributed by atoms with Gasteiger partial charge >= 0.3 is 30.0 Å². The van der Waals surface area contributed by atoms with Gasteiger partial charge < -0.3 is 15.2 Å². The highest BCUT2D eigenvalue weighted by Crippen LogP contribution is 2.34. The molecule has 0 spiro atoms. The lowest BCUT2D eigenvalue weighted by atomic mass is 10.1. The van der Waals surface area contributed by atoms with E-state index in [0.717, 1.165) is 23.0 Å². The number of halogens is 6. The number of nitrogens with zero attached hydrogens (tertiary/aromatic N) is 4. The van der Waals surface area contributed by atoms with E-state index < -0.39 is 59.9 Å². The molecule has 3 rings (SSSR count). The molecule has 0 saturated carbocycles. The average Bonchev–Trinajstić information content (AvgIpc) is 2.73. The number of hydrogen-bond donors (Lipinski definition) is 1. The summed E-state index contributed by atoms with van der Waals surface area (Å²) in [6.45, 7) is -1.10. The molecular weight excluding hydrogens is 476 g/mol. The van der Waals surface area contributed by atoms with Crippen LogP contribution in [0.2, 0.25) is 0 Å². The summed E-state index contributed by atoms with van der Waals surface area (Å²) in [7, 11) is 0. The molecule has 0 aliphatic carbocycles. The standard InChI is InChI=1S/C19H13F6N5O4/c20-18(21,22)4-6-33-15(31)12-7-10(19(23,24)25)1-2-13(12)34-16-27-8-11(9-28-16)30-5-3-14(26)29-17(30)32/h1-3,5,7-9H,4,6H2,(H2,26,29,32). The molecule has 0 fully saturated rings. The molecule has 34 heavy (non-hydrogen) atoms. The molecule has 0 aliphatic rings. The van der Waals surface area contributed by atoms with Gasteiger partial charge in [0.25, 0.3) is 0 Å². The highest BCUT2D eigenvalue weighted by molar-refractivity contribution is 5.93. The molecular formula is C19H13F6N5O4. The zero-order valence-electron chi connectivity index (χ0n) is 16.7. The molecule has 0 radical (unpaired) electrons. The highest BCUT2D eigenvalue weighted by Gasteiger charge is 2.33. The van der Waals surface area contributed by atoms with Crippen LogP contribution in [0.5, 0.6) is 11.8 Å². The Kier molecular flexibility index (Phi) is 6.74. The van der Waals surface area contributed by atoms with Gasteiger partial charge in [0.05, 0.1) is 30.1 Å². The molecule has 0 bridgehead atoms. The van der Waals surface area contributed by atoms with Crippen LogP contribution in [-0.2, 0) is 10.9 Å². The number of alkyl halides is 6. The first kappa shape index (κ1) is 24.5. The van der Waals surface area contributed by atoms with E-state index in [1.54, 1.807) is 0 Å². The second kappa shape index (κ2) is 9.36. The first-order chi connectivity index (χ1) is 15.8. The molecule has 0 aliphatic heterocycles. The van der Waals surface area contributed by atoms with Crippen LogP contribution in [0.15, 0.2) is 47.7 Å². The minimum Gasteiger partial charge on any atom is -0.462 e. The van der Waals surface area contributed by atoms with Gasteiger partial charge in [-0.25, -0.2) is 19.6 Å². The molecule has 0 saturated heterocycles. The monoisotopic (exact) mass is 489 g/mol. The molecule has 2 heterocycles. The van der Waals surface area contributed by atoms with E-state index in [1.807, 2.05) is 0 Å². The number of esters is 1. The summed E-state index contributed by atoms with van der Waals surface area (Å²) >= 11 is 0. The second-order valence-corrected chi connectivity index (χ2v) is 6.54. The van der Waals surface area contributed by atoms with Crippen LogP contribution >= 0.6 is 0 Å². The first-order valence-corrected chi connectivity index (χ1v) is 9.14. The van der Waals surface area contributed by atoms with Crippen molar-refractivity contribution in [2.75, 3.05) is 12.3 Å². The summed E-state index contributed by atoms with van der Waals surface area (Å²) in [6, 6.07) is 2.64. The molecule has 0 amide bonds. The summed E-state index contributed by atoms with van der Waals surface area (Å²) in [5.74, 6) is -1.98. The van der Waals surface area contributed by atoms with Gasteiger partial charge in [0.2, 0.25) is 0 Å². The third kappa shape index (κ3) is 6.20. The number of hydrogen-bond acceptors (Lipinski definition) is 8. The Labute approximate surface area is 185 Å². The van der Waals surface area contributed by atoms with Crippen LogP contribution < -0.4 is 16.2 Å². The summed E-state index contributed by atoms with van der Waals surface area (Å²) in [6.07, 6.45) is -7.43. The van der Waals surface area contributed by atoms with Crippen molar-refractivity contribution in [3.8, 4) is 17.4 Å². The van der Waals surface area contributed by atoms with Crippen LogP contribution in [0.3, 0.4) is 0 Å². The topological polar surface area (TPSA) is 122 Å². The fraction of sp³-hybridized carbons (Fsp3) is 0.211. The van der Waals surface area contributed by atoms with Gasteiger partial charge in [-0.05, 0) is 24.3 Å². The number of nitrogen functional groups attached to an aromatic ring is 1. The molecule has 2 N–H and O–H groups in total. The third-order valence-corrected chi connectivity index (χ3v) is 4.06. The number of carbonyl (C=O) groups excluding carboxylic acids is 1. The van der Waals surface area contributed by atoms with E-state index in [-0.39, 0.29) is 11.5 Å². The van der Waals surface area contributed by atoms with Gasteiger partial charge in [0.1, 0.15) is 23.7 Å². The van der Waals surface area contributed by atoms with Crippen LogP contribution in [0.4, 0.5) is 32.2 Å². The van der Waals surface area contributed by atoms with Gasteiger partial charge in [0, 0.05) is 6.20 Å². The van der Waals surface area contributed by atoms with Gasteiger partial charge in [0.15, 0.2) is 0 Å². The van der Waals surface area contributed by atoms with Crippen LogP contribution in [0.1, 0.15) is 22.3 Å². The summed E-state index contributed by atoms with van der Waals surface area (Å²) in [5.41, 5.74) is 2.77. The number of nitrogens with two attached hydrogens (primary N) is 1. The van der Waals surface area contributed by atoms with Crippen molar-refractivity contribution in [1.29, 1.82) is 0 Å². The minimum absolute atomic E-state index is 0.0147. The Morgan fingerprint density at radius 3 is 2.32 bits per heavy atom. The lowest BCUT2D eigenvalue weighted by molar-refractivity contribution is -0.141. The number of aromatic nitrogens is 4. The number of anilines is 1. The number of rotatable bonds is 6. The van der Waals surface area contributed by atoms with Crippen molar-refractivity contribution in [2.24, 2.45) is 0 Å². The lowest BCUT2D eigenvalue weighted by Crippen LogP contribution is -2.21. The molecule has 3 aromatic rings. The molecule has 0 atom stereocenters. The SMILES string of the molecule is Nc1ccn(-c2cnc(Oc3ccc(C(F)(F)F)cc3C(=O)OCCC(F)(F)F)nc2)c(=O)n1. The van der Waals surface area contributed by atoms with Crippen molar-refractivity contribution >= 4 is 11.8 Å². The second-order valence-electron chi connectivity index (χ2n) is 6.54. The highest BCUT2D eigenvalue weighted by atomic mass is 19.4. The van der Waals surface area contributed by atoms with Gasteiger partial charge in [-0.2, -0.15) is 31.3 Å². The maximum Gasteiger partial charge on any atom is 0.416 e. The molecule has 0 unspecified atom stereocenters. The minimum atomic E-state index is -4.85. The predicted molar refractivity (Wildman–Crippen MR) is 102 cm³/mol. The lowest BCUT2D eigenvalue weighted by Gasteiger charge is -2.14. The Bertz CT molecular complexity index is 1240. The normalized spacial score (nSPS) is 11.8. The quantitative estimate of drug-likeness (QED) is 0.412. The van der Waals surface area contributed by atoms with Crippen molar-refractivity contribution in [3.63, 3.8) is 0 Å². The predicted octanol–water partition coefficient (Wildman–Crippen LogP) is 3.53. The fourth-order valence-corrected chi connectivity index (χ4v) is 2.49. The van der Waals surface area contributed by atoms with E-state index in [1.165, 1.54) is 12.3 Å². The van der Waals surface area contributed by atoms with E-state index in [9.17, 15) is 35.9 Å². The maximum absolute atomic E-state index is 13.1. The summed E-state index contributed by atoms with van der Waals surface area (Å²) in [4.78, 5) is 35.2. The summed E-state index contributed by atoms with van der Waals surface area (Å²) < 4.78 is 86.8. The van der Waals surface area contributed by atoms with Crippen molar-refractivity contribution < 1.29 is 40.6 Å². The Morgan fingerprint density at radius 1 is 1.06 bits per heavy atom.